The SMILES string of the molecule is O=C([C@@H]1CCCc2nn(Cc3ccnc(C(F)(F)F)c3F)c(=O)n21)N1CC[C@@H](F)C1. The molecule has 0 aliphatic carbocycles. The summed E-state index contributed by atoms with van der Waals surface area (Å²) in [4.78, 5) is 30.1. The van der Waals surface area contributed by atoms with E-state index < -0.39 is 47.7 Å². The van der Waals surface area contributed by atoms with Crippen molar-refractivity contribution in [3.63, 3.8) is 0 Å². The van der Waals surface area contributed by atoms with E-state index in [0.717, 1.165) is 16.9 Å². The number of halogens is 5. The number of hydrogen-bond acceptors (Lipinski definition) is 4. The van der Waals surface area contributed by atoms with Crippen molar-refractivity contribution in [1.82, 2.24) is 24.2 Å². The van der Waals surface area contributed by atoms with Gasteiger partial charge in [0.2, 0.25) is 5.91 Å². The molecule has 2 aliphatic rings. The van der Waals surface area contributed by atoms with E-state index in [2.05, 4.69) is 10.1 Å². The number of amides is 1. The molecule has 0 aromatic carbocycles. The van der Waals surface area contributed by atoms with Gasteiger partial charge in [0.1, 0.15) is 18.0 Å². The Bertz CT molecular complexity index is 1030. The predicted molar refractivity (Wildman–Crippen MR) is 92.9 cm³/mol. The number of pyridine rings is 1. The molecule has 12 heteroatoms. The molecule has 0 spiro atoms. The smallest absolute Gasteiger partial charge is 0.338 e. The van der Waals surface area contributed by atoms with Crippen LogP contribution in [-0.4, -0.2) is 49.4 Å². The minimum absolute atomic E-state index is 0.0317. The molecule has 1 amide bonds. The predicted octanol–water partition coefficient (Wildman–Crippen LogP) is 2.09. The highest BCUT2D eigenvalue weighted by Gasteiger charge is 2.38. The minimum Gasteiger partial charge on any atom is -0.338 e. The van der Waals surface area contributed by atoms with Gasteiger partial charge >= 0.3 is 11.9 Å². The van der Waals surface area contributed by atoms with E-state index in [1.54, 1.807) is 0 Å². The Kier molecular flexibility index (Phi) is 5.10. The Morgan fingerprint density at radius 2 is 2.03 bits per heavy atom. The van der Waals surface area contributed by atoms with Crippen molar-refractivity contribution in [2.75, 3.05) is 13.1 Å². The van der Waals surface area contributed by atoms with Gasteiger partial charge in [-0.05, 0) is 25.3 Å². The van der Waals surface area contributed by atoms with Gasteiger partial charge in [0.15, 0.2) is 11.5 Å². The second-order valence-electron chi connectivity index (χ2n) is 7.44. The van der Waals surface area contributed by atoms with Crippen molar-refractivity contribution < 1.29 is 26.7 Å². The van der Waals surface area contributed by atoms with E-state index in [-0.39, 0.29) is 25.4 Å². The van der Waals surface area contributed by atoms with Crippen LogP contribution < -0.4 is 5.69 Å². The Morgan fingerprint density at radius 1 is 1.27 bits per heavy atom. The standard InChI is InChI=1S/C18H18F5N5O2/c19-11-5-7-26(9-11)16(29)12-2-1-3-13-25-27(17(30)28(12)13)8-10-4-6-24-15(14(10)20)18(21,22)23/h4,6,11-12H,1-3,5,7-9H2/t11-,12+/m1/s1. The zero-order valence-corrected chi connectivity index (χ0v) is 15.7. The highest BCUT2D eigenvalue weighted by Crippen LogP contribution is 2.31. The molecular weight excluding hydrogens is 413 g/mol. The molecule has 7 nitrogen and oxygen atoms in total. The average molecular weight is 431 g/mol. The largest absolute Gasteiger partial charge is 0.436 e. The summed E-state index contributed by atoms with van der Waals surface area (Å²) in [6.07, 6.45) is -3.69. The Labute approximate surface area is 167 Å². The Hall–Kier alpha value is -2.79. The van der Waals surface area contributed by atoms with Gasteiger partial charge in [0.05, 0.1) is 13.1 Å². The van der Waals surface area contributed by atoms with Crippen molar-refractivity contribution in [2.45, 2.75) is 50.6 Å². The maximum atomic E-state index is 14.3. The van der Waals surface area contributed by atoms with Gasteiger partial charge in [-0.3, -0.25) is 9.36 Å². The fourth-order valence-corrected chi connectivity index (χ4v) is 3.96. The highest BCUT2D eigenvalue weighted by molar-refractivity contribution is 5.81. The number of nitrogens with zero attached hydrogens (tertiary/aromatic N) is 5. The number of aromatic nitrogens is 4. The van der Waals surface area contributed by atoms with Gasteiger partial charge in [-0.15, -0.1) is 0 Å². The topological polar surface area (TPSA) is 73.0 Å². The number of carbonyl (C=O) groups excluding carboxylic acids is 1. The van der Waals surface area contributed by atoms with Gasteiger partial charge in [-0.2, -0.15) is 18.3 Å². The van der Waals surface area contributed by atoms with Crippen molar-refractivity contribution in [1.29, 1.82) is 0 Å². The summed E-state index contributed by atoms with van der Waals surface area (Å²) in [5, 5.41) is 4.11. The molecule has 1 fully saturated rings. The van der Waals surface area contributed by atoms with Crippen LogP contribution in [0.5, 0.6) is 0 Å². The number of likely N-dealkylation sites (tertiary alicyclic amines) is 1. The van der Waals surface area contributed by atoms with Gasteiger partial charge in [0.25, 0.3) is 0 Å². The quantitative estimate of drug-likeness (QED) is 0.698. The molecule has 30 heavy (non-hydrogen) atoms. The second kappa shape index (κ2) is 7.47. The van der Waals surface area contributed by atoms with E-state index in [9.17, 15) is 31.5 Å². The first-order valence-corrected chi connectivity index (χ1v) is 9.48. The number of fused-ring (bicyclic) bond motifs is 1. The Balaban J connectivity index is 1.65. The van der Waals surface area contributed by atoms with E-state index >= 15 is 0 Å². The molecule has 0 bridgehead atoms. The van der Waals surface area contributed by atoms with Gasteiger partial charge < -0.3 is 4.90 Å². The molecule has 2 aliphatic heterocycles. The third-order valence-corrected chi connectivity index (χ3v) is 5.42. The van der Waals surface area contributed by atoms with E-state index in [1.165, 1.54) is 9.47 Å². The monoisotopic (exact) mass is 431 g/mol. The van der Waals surface area contributed by atoms with Crippen LogP contribution in [0.1, 0.15) is 42.4 Å². The van der Waals surface area contributed by atoms with Crippen LogP contribution >= 0.6 is 0 Å². The summed E-state index contributed by atoms with van der Waals surface area (Å²) in [7, 11) is 0. The molecule has 0 N–H and O–H groups in total. The van der Waals surface area contributed by atoms with E-state index in [1.807, 2.05) is 0 Å². The minimum atomic E-state index is -4.97. The average Bonchev–Trinajstić information content (AvgIpc) is 3.25. The molecule has 0 saturated carbocycles. The lowest BCUT2D eigenvalue weighted by Crippen LogP contribution is -2.41. The van der Waals surface area contributed by atoms with Crippen LogP contribution in [0.2, 0.25) is 0 Å². The molecule has 0 unspecified atom stereocenters. The summed E-state index contributed by atoms with van der Waals surface area (Å²) < 4.78 is 68.5. The van der Waals surface area contributed by atoms with Crippen LogP contribution in [-0.2, 0) is 23.9 Å². The fourth-order valence-electron chi connectivity index (χ4n) is 3.96. The van der Waals surface area contributed by atoms with Crippen molar-refractivity contribution in [3.8, 4) is 0 Å². The van der Waals surface area contributed by atoms with Crippen LogP contribution in [0.15, 0.2) is 17.1 Å². The molecule has 2 aromatic rings. The highest BCUT2D eigenvalue weighted by atomic mass is 19.4. The molecule has 1 saturated heterocycles. The molecule has 2 atom stereocenters. The number of rotatable bonds is 3. The molecule has 4 rings (SSSR count). The summed E-state index contributed by atoms with van der Waals surface area (Å²) in [6, 6.07) is 0.192. The number of aryl methyl sites for hydroxylation is 1. The zero-order chi connectivity index (χ0) is 21.6. The van der Waals surface area contributed by atoms with Gasteiger partial charge in [-0.1, -0.05) is 0 Å². The zero-order valence-electron chi connectivity index (χ0n) is 15.7. The summed E-state index contributed by atoms with van der Waals surface area (Å²) in [5.41, 5.74) is -2.78. The summed E-state index contributed by atoms with van der Waals surface area (Å²) in [5.74, 6) is -1.65. The second-order valence-corrected chi connectivity index (χ2v) is 7.44. The third-order valence-electron chi connectivity index (χ3n) is 5.42. The lowest BCUT2D eigenvalue weighted by molar-refractivity contribution is -0.143. The molecule has 0 radical (unpaired) electrons. The van der Waals surface area contributed by atoms with Crippen LogP contribution in [0, 0.1) is 5.82 Å². The van der Waals surface area contributed by atoms with Crippen LogP contribution in [0.25, 0.3) is 0 Å². The molecule has 4 heterocycles. The number of carbonyl (C=O) groups is 1. The normalized spacial score (nSPS) is 21.7. The first-order valence-electron chi connectivity index (χ1n) is 9.48. The van der Waals surface area contributed by atoms with Crippen molar-refractivity contribution in [2.24, 2.45) is 0 Å². The first kappa shape index (κ1) is 20.5. The van der Waals surface area contributed by atoms with Gasteiger partial charge in [-0.25, -0.2) is 23.2 Å². The molecular formula is C18H18F5N5O2. The van der Waals surface area contributed by atoms with E-state index in [0.29, 0.717) is 25.1 Å². The lowest BCUT2D eigenvalue weighted by atomic mass is 10.0. The number of hydrogen-bond donors (Lipinski definition) is 0. The van der Waals surface area contributed by atoms with Crippen LogP contribution in [0.3, 0.4) is 0 Å². The maximum absolute atomic E-state index is 14.3. The lowest BCUT2D eigenvalue weighted by Gasteiger charge is -2.26. The Morgan fingerprint density at radius 3 is 2.70 bits per heavy atom. The van der Waals surface area contributed by atoms with Crippen molar-refractivity contribution >= 4 is 5.91 Å². The first-order chi connectivity index (χ1) is 14.2. The van der Waals surface area contributed by atoms with Gasteiger partial charge in [0, 0.05) is 24.7 Å². The molecule has 2 aromatic heterocycles. The maximum Gasteiger partial charge on any atom is 0.436 e. The summed E-state index contributed by atoms with van der Waals surface area (Å²) in [6.45, 7) is -0.305. The van der Waals surface area contributed by atoms with E-state index in [4.69, 9.17) is 0 Å². The molecule has 162 valence electrons. The number of alkyl halides is 4. The van der Waals surface area contributed by atoms with Crippen LogP contribution in [0.4, 0.5) is 22.0 Å². The third kappa shape index (κ3) is 3.58. The van der Waals surface area contributed by atoms with Crippen molar-refractivity contribution in [3.05, 3.63) is 45.6 Å². The fraction of sp³-hybridized carbons (Fsp3) is 0.556. The summed E-state index contributed by atoms with van der Waals surface area (Å²) >= 11 is 0.